The molecule has 0 aliphatic carbocycles. The van der Waals surface area contributed by atoms with Gasteiger partial charge in [0.1, 0.15) is 24.2 Å². The topological polar surface area (TPSA) is 280 Å². The van der Waals surface area contributed by atoms with Gasteiger partial charge in [0.2, 0.25) is 23.6 Å². The third-order valence-corrected chi connectivity index (χ3v) is 5.40. The quantitative estimate of drug-likeness (QED) is 0.0698. The van der Waals surface area contributed by atoms with Crippen LogP contribution in [0.5, 0.6) is 0 Å². The van der Waals surface area contributed by atoms with Crippen LogP contribution >= 0.6 is 0 Å². The Hall–Kier alpha value is -3.79. The van der Waals surface area contributed by atoms with Crippen molar-refractivity contribution < 1.29 is 48.9 Å². The van der Waals surface area contributed by atoms with Crippen molar-refractivity contribution in [1.82, 2.24) is 21.3 Å². The maximum absolute atomic E-state index is 13.1. The number of amides is 4. The summed E-state index contributed by atoms with van der Waals surface area (Å²) in [4.78, 5) is 84.3. The van der Waals surface area contributed by atoms with Crippen LogP contribution in [-0.4, -0.2) is 94.1 Å². The summed E-state index contributed by atoms with van der Waals surface area (Å²) in [7, 11) is 0. The molecule has 0 aromatic carbocycles. The molecule has 0 rings (SSSR count). The molecule has 0 saturated heterocycles. The van der Waals surface area contributed by atoms with Crippen LogP contribution in [0.1, 0.15) is 58.8 Å². The lowest BCUT2D eigenvalue weighted by atomic mass is 10.0. The van der Waals surface area contributed by atoms with E-state index in [1.807, 2.05) is 0 Å². The van der Waals surface area contributed by atoms with Gasteiger partial charge in [-0.1, -0.05) is 13.8 Å². The molecular weight excluding hydrogens is 520 g/mol. The van der Waals surface area contributed by atoms with Gasteiger partial charge in [0.05, 0.1) is 13.0 Å². The van der Waals surface area contributed by atoms with Crippen molar-refractivity contribution in [1.29, 1.82) is 0 Å². The standard InChI is InChI=1S/C23H40N6O10/c1-12(2)9-16(23(38)39)29-21(36)14(6-7-18(31)32)28-20(35)13(5-3-4-8-24)27-22(37)15(10-19(33)34)26-17(30)11-25/h12-16H,3-11,24-25H2,1-2H3,(H,26,30)(H,27,37)(H,28,35)(H,29,36)(H,31,32)(H,33,34)(H,38,39)/t13-,14-,15-,16-/m0/s1. The maximum Gasteiger partial charge on any atom is 0.326 e. The summed E-state index contributed by atoms with van der Waals surface area (Å²) in [6.07, 6.45) is -0.814. The Labute approximate surface area is 225 Å². The fraction of sp³-hybridized carbons (Fsp3) is 0.696. The molecule has 0 aromatic heterocycles. The van der Waals surface area contributed by atoms with Crippen LogP contribution < -0.4 is 32.7 Å². The average Bonchev–Trinajstić information content (AvgIpc) is 2.83. The first-order valence-corrected chi connectivity index (χ1v) is 12.5. The summed E-state index contributed by atoms with van der Waals surface area (Å²) in [5, 5.41) is 36.7. The lowest BCUT2D eigenvalue weighted by Gasteiger charge is -2.26. The molecule has 16 nitrogen and oxygen atoms in total. The van der Waals surface area contributed by atoms with Crippen LogP contribution in [0.2, 0.25) is 0 Å². The van der Waals surface area contributed by atoms with Crippen molar-refractivity contribution in [2.24, 2.45) is 17.4 Å². The molecule has 11 N–H and O–H groups in total. The molecule has 0 fully saturated rings. The third-order valence-electron chi connectivity index (χ3n) is 5.40. The van der Waals surface area contributed by atoms with Gasteiger partial charge in [-0.3, -0.25) is 28.8 Å². The van der Waals surface area contributed by atoms with E-state index in [1.165, 1.54) is 0 Å². The van der Waals surface area contributed by atoms with Crippen molar-refractivity contribution >= 4 is 41.5 Å². The molecule has 4 atom stereocenters. The Morgan fingerprint density at radius 2 is 1.18 bits per heavy atom. The number of hydrogen-bond donors (Lipinski definition) is 9. The van der Waals surface area contributed by atoms with Crippen molar-refractivity contribution in [3.05, 3.63) is 0 Å². The van der Waals surface area contributed by atoms with E-state index in [-0.39, 0.29) is 31.7 Å². The largest absolute Gasteiger partial charge is 0.481 e. The predicted molar refractivity (Wildman–Crippen MR) is 136 cm³/mol. The van der Waals surface area contributed by atoms with E-state index in [2.05, 4.69) is 21.3 Å². The number of carboxylic acid groups (broad SMARTS) is 3. The smallest absolute Gasteiger partial charge is 0.326 e. The molecule has 222 valence electrons. The third kappa shape index (κ3) is 15.3. The van der Waals surface area contributed by atoms with Gasteiger partial charge in [-0.15, -0.1) is 0 Å². The van der Waals surface area contributed by atoms with Crippen LogP contribution in [0.15, 0.2) is 0 Å². The Morgan fingerprint density at radius 1 is 0.667 bits per heavy atom. The number of nitrogens with one attached hydrogen (secondary N) is 4. The van der Waals surface area contributed by atoms with Crippen LogP contribution in [0.4, 0.5) is 0 Å². The van der Waals surface area contributed by atoms with Gasteiger partial charge in [0, 0.05) is 6.42 Å². The summed E-state index contributed by atoms with van der Waals surface area (Å²) < 4.78 is 0. The first-order valence-electron chi connectivity index (χ1n) is 12.5. The van der Waals surface area contributed by atoms with Gasteiger partial charge in [-0.25, -0.2) is 4.79 Å². The van der Waals surface area contributed by atoms with E-state index in [9.17, 15) is 38.7 Å². The molecule has 0 heterocycles. The van der Waals surface area contributed by atoms with Crippen molar-refractivity contribution in [2.45, 2.75) is 83.0 Å². The van der Waals surface area contributed by atoms with Crippen LogP contribution in [0.3, 0.4) is 0 Å². The van der Waals surface area contributed by atoms with Gasteiger partial charge < -0.3 is 48.1 Å². The molecule has 0 aliphatic heterocycles. The minimum absolute atomic E-state index is 0.0117. The monoisotopic (exact) mass is 560 g/mol. The summed E-state index contributed by atoms with van der Waals surface area (Å²) in [6.45, 7) is 3.24. The Balaban J connectivity index is 5.86. The molecule has 0 aromatic rings. The van der Waals surface area contributed by atoms with Gasteiger partial charge in [0.15, 0.2) is 0 Å². The fourth-order valence-electron chi connectivity index (χ4n) is 3.45. The second-order valence-electron chi connectivity index (χ2n) is 9.29. The number of unbranched alkanes of at least 4 members (excludes halogenated alkanes) is 1. The first-order chi connectivity index (χ1) is 18.2. The molecule has 0 spiro atoms. The average molecular weight is 561 g/mol. The number of carboxylic acids is 3. The molecule has 0 bridgehead atoms. The van der Waals surface area contributed by atoms with E-state index >= 15 is 0 Å². The number of hydrogen-bond acceptors (Lipinski definition) is 9. The van der Waals surface area contributed by atoms with Crippen molar-refractivity contribution in [2.75, 3.05) is 13.1 Å². The highest BCUT2D eigenvalue weighted by Crippen LogP contribution is 2.09. The van der Waals surface area contributed by atoms with E-state index in [0.717, 1.165) is 0 Å². The first kappa shape index (κ1) is 35.2. The summed E-state index contributed by atoms with van der Waals surface area (Å²) >= 11 is 0. The molecule has 4 amide bonds. The van der Waals surface area contributed by atoms with E-state index < -0.39 is 85.1 Å². The highest BCUT2D eigenvalue weighted by molar-refractivity contribution is 5.96. The van der Waals surface area contributed by atoms with E-state index in [1.54, 1.807) is 13.8 Å². The summed E-state index contributed by atoms with van der Waals surface area (Å²) in [6, 6.07) is -5.61. The molecular formula is C23H40N6O10. The van der Waals surface area contributed by atoms with Crippen LogP contribution in [0.25, 0.3) is 0 Å². The number of carbonyl (C=O) groups is 7. The van der Waals surface area contributed by atoms with Gasteiger partial charge >= 0.3 is 17.9 Å². The van der Waals surface area contributed by atoms with Gasteiger partial charge in [-0.2, -0.15) is 0 Å². The van der Waals surface area contributed by atoms with E-state index in [4.69, 9.17) is 21.7 Å². The van der Waals surface area contributed by atoms with Gasteiger partial charge in [-0.05, 0) is 44.6 Å². The Morgan fingerprint density at radius 3 is 1.62 bits per heavy atom. The Bertz CT molecular complexity index is 881. The number of aliphatic carboxylic acids is 3. The molecule has 0 aliphatic rings. The highest BCUT2D eigenvalue weighted by atomic mass is 16.4. The number of rotatable bonds is 20. The normalized spacial score (nSPS) is 13.9. The Kier molecular flexibility index (Phi) is 16.7. The summed E-state index contributed by atoms with van der Waals surface area (Å²) in [5.41, 5.74) is 10.7. The minimum Gasteiger partial charge on any atom is -0.481 e. The maximum atomic E-state index is 13.1. The van der Waals surface area contributed by atoms with Crippen LogP contribution in [-0.2, 0) is 33.6 Å². The zero-order valence-corrected chi connectivity index (χ0v) is 22.1. The number of carbonyl (C=O) groups excluding carboxylic acids is 4. The molecule has 0 unspecified atom stereocenters. The second-order valence-corrected chi connectivity index (χ2v) is 9.29. The molecule has 39 heavy (non-hydrogen) atoms. The zero-order chi connectivity index (χ0) is 30.1. The molecule has 16 heteroatoms. The van der Waals surface area contributed by atoms with Crippen molar-refractivity contribution in [3.63, 3.8) is 0 Å². The predicted octanol–water partition coefficient (Wildman–Crippen LogP) is -2.52. The summed E-state index contributed by atoms with van der Waals surface area (Å²) in [5.74, 6) is -7.71. The zero-order valence-electron chi connectivity index (χ0n) is 22.1. The lowest BCUT2D eigenvalue weighted by molar-refractivity contribution is -0.143. The SMILES string of the molecule is CC(C)C[C@H](NC(=O)[C@H](CCC(=O)O)NC(=O)[C@H](CCCCN)NC(=O)[C@H](CC(=O)O)NC(=O)CN)C(=O)O. The lowest BCUT2D eigenvalue weighted by Crippen LogP contribution is -2.58. The highest BCUT2D eigenvalue weighted by Gasteiger charge is 2.32. The molecule has 0 radical (unpaired) electrons. The number of nitrogens with two attached hydrogens (primary N) is 2. The fourth-order valence-corrected chi connectivity index (χ4v) is 3.45. The second kappa shape index (κ2) is 18.5. The van der Waals surface area contributed by atoms with Gasteiger partial charge in [0.25, 0.3) is 0 Å². The molecule has 0 saturated carbocycles. The van der Waals surface area contributed by atoms with E-state index in [0.29, 0.717) is 12.8 Å². The van der Waals surface area contributed by atoms with Crippen LogP contribution in [0, 0.1) is 5.92 Å². The minimum atomic E-state index is -1.55. The van der Waals surface area contributed by atoms with Crippen molar-refractivity contribution in [3.8, 4) is 0 Å².